The topological polar surface area (TPSA) is 41.3 Å². The number of thiophene rings is 1. The molecule has 1 atom stereocenters. The molecule has 16 heavy (non-hydrogen) atoms. The normalized spacial score (nSPS) is 14.4. The summed E-state index contributed by atoms with van der Waals surface area (Å²) in [5, 5.41) is 4.33. The zero-order valence-corrected chi connectivity index (χ0v) is 11.5. The van der Waals surface area contributed by atoms with Gasteiger partial charge in [-0.3, -0.25) is 11.3 Å². The number of rotatable bonds is 6. The number of hydrogen-bond acceptors (Lipinski definition) is 4. The monoisotopic (exact) mass is 241 g/mol. The zero-order chi connectivity index (χ0) is 12.2. The number of aryl methyl sites for hydroxylation is 1. The first-order valence-corrected chi connectivity index (χ1v) is 6.57. The fourth-order valence-electron chi connectivity index (χ4n) is 1.70. The van der Waals surface area contributed by atoms with E-state index in [1.165, 1.54) is 5.56 Å². The van der Waals surface area contributed by atoms with Crippen molar-refractivity contribution in [3.8, 4) is 0 Å². The third kappa shape index (κ3) is 3.28. The van der Waals surface area contributed by atoms with Crippen molar-refractivity contribution in [2.45, 2.75) is 38.3 Å². The van der Waals surface area contributed by atoms with Crippen LogP contribution in [0.2, 0.25) is 0 Å². The molecule has 0 aromatic carbocycles. The lowest BCUT2D eigenvalue weighted by molar-refractivity contribution is 0.132. The molecule has 0 aliphatic rings. The molecule has 1 heterocycles. The Morgan fingerprint density at radius 2 is 2.19 bits per heavy atom. The van der Waals surface area contributed by atoms with Gasteiger partial charge in [0, 0.05) is 11.6 Å². The molecule has 0 fully saturated rings. The maximum atomic E-state index is 5.66. The van der Waals surface area contributed by atoms with Crippen molar-refractivity contribution < 1.29 is 0 Å². The Kier molecular flexibility index (Phi) is 4.92. The Balaban J connectivity index is 2.55. The lowest BCUT2D eigenvalue weighted by Crippen LogP contribution is -2.57. The number of nitrogens with zero attached hydrogens (tertiary/aromatic N) is 1. The summed E-state index contributed by atoms with van der Waals surface area (Å²) >= 11 is 1.75. The molecule has 4 heteroatoms. The Morgan fingerprint density at radius 1 is 1.50 bits per heavy atom. The maximum absolute atomic E-state index is 5.66. The number of likely N-dealkylation sites (N-methyl/N-ethyl adjacent to an activating group) is 1. The summed E-state index contributed by atoms with van der Waals surface area (Å²) in [7, 11) is 4.18. The summed E-state index contributed by atoms with van der Waals surface area (Å²) in [5.41, 5.74) is 4.41. The first-order valence-electron chi connectivity index (χ1n) is 5.63. The van der Waals surface area contributed by atoms with E-state index in [-0.39, 0.29) is 5.54 Å². The molecule has 0 amide bonds. The Bertz CT molecular complexity index is 293. The number of nitrogens with two attached hydrogens (primary N) is 1. The molecule has 92 valence electrons. The van der Waals surface area contributed by atoms with Crippen LogP contribution in [0.1, 0.15) is 25.8 Å². The molecule has 0 saturated carbocycles. The smallest absolute Gasteiger partial charge is 0.0392 e. The molecule has 0 saturated heterocycles. The van der Waals surface area contributed by atoms with Gasteiger partial charge in [0.1, 0.15) is 0 Å². The van der Waals surface area contributed by atoms with Crippen LogP contribution in [0.15, 0.2) is 16.8 Å². The predicted octanol–water partition coefficient (Wildman–Crippen LogP) is 1.85. The Hall–Kier alpha value is -0.420. The van der Waals surface area contributed by atoms with Crippen LogP contribution in [0.3, 0.4) is 0 Å². The van der Waals surface area contributed by atoms with Gasteiger partial charge < -0.3 is 4.90 Å². The highest BCUT2D eigenvalue weighted by atomic mass is 32.1. The Labute approximate surface area is 103 Å². The second-order valence-corrected chi connectivity index (χ2v) is 5.72. The van der Waals surface area contributed by atoms with E-state index in [2.05, 4.69) is 55.1 Å². The van der Waals surface area contributed by atoms with Crippen LogP contribution in [-0.4, -0.2) is 30.6 Å². The largest absolute Gasteiger partial charge is 0.303 e. The third-order valence-corrected chi connectivity index (χ3v) is 4.24. The zero-order valence-electron chi connectivity index (χ0n) is 10.7. The van der Waals surface area contributed by atoms with Gasteiger partial charge >= 0.3 is 0 Å². The van der Waals surface area contributed by atoms with Crippen LogP contribution < -0.4 is 11.3 Å². The van der Waals surface area contributed by atoms with Gasteiger partial charge in [0.15, 0.2) is 0 Å². The average Bonchev–Trinajstić information content (AvgIpc) is 2.71. The molecular weight excluding hydrogens is 218 g/mol. The van der Waals surface area contributed by atoms with Crippen LogP contribution >= 0.6 is 11.3 Å². The quantitative estimate of drug-likeness (QED) is 0.590. The van der Waals surface area contributed by atoms with Gasteiger partial charge in [0.05, 0.1) is 0 Å². The predicted molar refractivity (Wildman–Crippen MR) is 71.5 cm³/mol. The molecule has 0 radical (unpaired) electrons. The summed E-state index contributed by atoms with van der Waals surface area (Å²) in [4.78, 5) is 2.21. The fourth-order valence-corrected chi connectivity index (χ4v) is 2.40. The van der Waals surface area contributed by atoms with Crippen molar-refractivity contribution in [2.24, 2.45) is 5.84 Å². The van der Waals surface area contributed by atoms with E-state index in [0.717, 1.165) is 12.8 Å². The van der Waals surface area contributed by atoms with Gasteiger partial charge in [0.2, 0.25) is 0 Å². The van der Waals surface area contributed by atoms with Crippen LogP contribution in [0.5, 0.6) is 0 Å². The number of nitrogens with one attached hydrogen (secondary N) is 1. The average molecular weight is 241 g/mol. The lowest BCUT2D eigenvalue weighted by atomic mass is 9.89. The maximum Gasteiger partial charge on any atom is 0.0392 e. The van der Waals surface area contributed by atoms with Crippen molar-refractivity contribution in [1.82, 2.24) is 10.3 Å². The van der Waals surface area contributed by atoms with Crippen molar-refractivity contribution in [3.63, 3.8) is 0 Å². The molecule has 1 aromatic heterocycles. The van der Waals surface area contributed by atoms with Crippen LogP contribution in [0.4, 0.5) is 0 Å². The fraction of sp³-hybridized carbons (Fsp3) is 0.667. The highest BCUT2D eigenvalue weighted by molar-refractivity contribution is 7.07. The van der Waals surface area contributed by atoms with E-state index < -0.39 is 0 Å². The van der Waals surface area contributed by atoms with E-state index in [1.807, 2.05) is 0 Å². The highest BCUT2D eigenvalue weighted by Gasteiger charge is 2.30. The van der Waals surface area contributed by atoms with Gasteiger partial charge in [-0.05, 0) is 63.2 Å². The molecule has 1 rings (SSSR count). The van der Waals surface area contributed by atoms with E-state index >= 15 is 0 Å². The van der Waals surface area contributed by atoms with E-state index in [9.17, 15) is 0 Å². The number of hydrogen-bond donors (Lipinski definition) is 2. The van der Waals surface area contributed by atoms with Crippen molar-refractivity contribution >= 4 is 11.3 Å². The second-order valence-electron chi connectivity index (χ2n) is 4.94. The van der Waals surface area contributed by atoms with E-state index in [0.29, 0.717) is 6.04 Å². The molecular formula is C12H23N3S. The summed E-state index contributed by atoms with van der Waals surface area (Å²) in [5.74, 6) is 5.66. The van der Waals surface area contributed by atoms with Gasteiger partial charge in [-0.15, -0.1) is 0 Å². The van der Waals surface area contributed by atoms with E-state index in [1.54, 1.807) is 11.3 Å². The van der Waals surface area contributed by atoms with Crippen LogP contribution in [0, 0.1) is 0 Å². The van der Waals surface area contributed by atoms with Crippen LogP contribution in [-0.2, 0) is 6.42 Å². The van der Waals surface area contributed by atoms with E-state index in [4.69, 9.17) is 5.84 Å². The number of hydrazine groups is 1. The van der Waals surface area contributed by atoms with Gasteiger partial charge in [-0.1, -0.05) is 0 Å². The molecule has 1 aromatic rings. The minimum atomic E-state index is 0.0603. The standard InChI is InChI=1S/C12H23N3S/c1-12(2,15(3)4)11(14-13)6-5-10-7-8-16-9-10/h7-9,11,14H,5-6,13H2,1-4H3. The van der Waals surface area contributed by atoms with Gasteiger partial charge in [-0.25, -0.2) is 0 Å². The SMILES string of the molecule is CN(C)C(C)(C)C(CCc1ccsc1)NN. The van der Waals surface area contributed by atoms with Gasteiger partial charge in [0.25, 0.3) is 0 Å². The van der Waals surface area contributed by atoms with Crippen molar-refractivity contribution in [3.05, 3.63) is 22.4 Å². The van der Waals surface area contributed by atoms with Crippen molar-refractivity contribution in [1.29, 1.82) is 0 Å². The summed E-state index contributed by atoms with van der Waals surface area (Å²) in [6, 6.07) is 2.48. The van der Waals surface area contributed by atoms with Gasteiger partial charge in [-0.2, -0.15) is 11.3 Å². The molecule has 1 unspecified atom stereocenters. The minimum absolute atomic E-state index is 0.0603. The summed E-state index contributed by atoms with van der Waals surface area (Å²) in [6.45, 7) is 4.43. The molecule has 0 bridgehead atoms. The third-order valence-electron chi connectivity index (χ3n) is 3.51. The Morgan fingerprint density at radius 3 is 2.62 bits per heavy atom. The van der Waals surface area contributed by atoms with Crippen molar-refractivity contribution in [2.75, 3.05) is 14.1 Å². The first-order chi connectivity index (χ1) is 7.48. The van der Waals surface area contributed by atoms with Crippen LogP contribution in [0.25, 0.3) is 0 Å². The lowest BCUT2D eigenvalue weighted by Gasteiger charge is -2.39. The molecule has 0 aliphatic carbocycles. The second kappa shape index (κ2) is 5.77. The highest BCUT2D eigenvalue weighted by Crippen LogP contribution is 2.20. The molecule has 3 nitrogen and oxygen atoms in total. The molecule has 3 N–H and O–H groups in total. The summed E-state index contributed by atoms with van der Waals surface area (Å²) < 4.78 is 0. The summed E-state index contributed by atoms with van der Waals surface area (Å²) in [6.07, 6.45) is 2.13. The molecule has 0 aliphatic heterocycles. The minimum Gasteiger partial charge on any atom is -0.303 e. The molecule has 0 spiro atoms. The first kappa shape index (κ1) is 13.6.